The molecule has 3 aromatic rings. The molecule has 0 spiro atoms. The first-order chi connectivity index (χ1) is 14.8. The van der Waals surface area contributed by atoms with Gasteiger partial charge in [0.05, 0.1) is 16.2 Å². The van der Waals surface area contributed by atoms with Gasteiger partial charge in [0.15, 0.2) is 0 Å². The molecule has 0 unspecified atom stereocenters. The molecule has 7 nitrogen and oxygen atoms in total. The minimum absolute atomic E-state index is 0.0235. The number of sulfonamides is 1. The zero-order valence-corrected chi connectivity index (χ0v) is 18.3. The van der Waals surface area contributed by atoms with Crippen LogP contribution in [0.2, 0.25) is 0 Å². The summed E-state index contributed by atoms with van der Waals surface area (Å²) >= 11 is 1.34. The third kappa shape index (κ3) is 6.15. The fourth-order valence-electron chi connectivity index (χ4n) is 2.71. The molecule has 9 heteroatoms. The average Bonchev–Trinajstić information content (AvgIpc) is 2.74. The van der Waals surface area contributed by atoms with Crippen molar-refractivity contribution < 1.29 is 13.2 Å². The van der Waals surface area contributed by atoms with Gasteiger partial charge in [-0.1, -0.05) is 29.8 Å². The maximum atomic E-state index is 12.2. The first-order valence-corrected chi connectivity index (χ1v) is 11.8. The summed E-state index contributed by atoms with van der Waals surface area (Å²) in [5, 5.41) is 17.7. The first-order valence-electron chi connectivity index (χ1n) is 9.30. The monoisotopic (exact) mass is 452 g/mol. The van der Waals surface area contributed by atoms with Crippen molar-refractivity contribution in [2.24, 2.45) is 5.14 Å². The number of nitrogens with one attached hydrogen (secondary N) is 1. The van der Waals surface area contributed by atoms with Gasteiger partial charge in [-0.3, -0.25) is 4.79 Å². The Kier molecular flexibility index (Phi) is 7.07. The van der Waals surface area contributed by atoms with E-state index in [0.717, 1.165) is 16.8 Å². The fourth-order valence-corrected chi connectivity index (χ4v) is 4.14. The molecule has 0 saturated carbocycles. The Bertz CT molecular complexity index is 1230. The Morgan fingerprint density at radius 3 is 2.39 bits per heavy atom. The minimum Gasteiger partial charge on any atom is -0.326 e. The standard InChI is InChI=1S/C22H20N4O3S2/c1-15-2-4-16(5-3-15)20-11-6-17(14-23)22(26-20)30-13-12-21(27)25-18-7-9-19(10-8-18)31(24,28)29/h2-11H,12-13H2,1H3,(H,25,27)(H2,24,28,29). The molecule has 0 saturated heterocycles. The normalized spacial score (nSPS) is 11.0. The quantitative estimate of drug-likeness (QED) is 0.527. The number of anilines is 1. The lowest BCUT2D eigenvalue weighted by molar-refractivity contribution is -0.115. The second kappa shape index (κ2) is 9.75. The highest BCUT2D eigenvalue weighted by molar-refractivity contribution is 7.99. The SMILES string of the molecule is Cc1ccc(-c2ccc(C#N)c(SCCC(=O)Nc3ccc(S(N)(=O)=O)cc3)n2)cc1. The molecule has 2 aromatic carbocycles. The maximum Gasteiger partial charge on any atom is 0.238 e. The molecular weight excluding hydrogens is 432 g/mol. The van der Waals surface area contributed by atoms with Crippen molar-refractivity contribution in [1.82, 2.24) is 4.98 Å². The highest BCUT2D eigenvalue weighted by atomic mass is 32.2. The fraction of sp³-hybridized carbons (Fsp3) is 0.136. The van der Waals surface area contributed by atoms with Gasteiger partial charge >= 0.3 is 0 Å². The van der Waals surface area contributed by atoms with Crippen molar-refractivity contribution >= 4 is 33.4 Å². The molecule has 3 rings (SSSR count). The summed E-state index contributed by atoms with van der Waals surface area (Å²) in [5.74, 6) is 0.198. The number of nitriles is 1. The van der Waals surface area contributed by atoms with Crippen molar-refractivity contribution in [3.05, 3.63) is 71.8 Å². The lowest BCUT2D eigenvalue weighted by Gasteiger charge is -2.08. The Balaban J connectivity index is 1.61. The number of carbonyl (C=O) groups excluding carboxylic acids is 1. The Hall–Kier alpha value is -3.19. The van der Waals surface area contributed by atoms with E-state index in [4.69, 9.17) is 5.14 Å². The maximum absolute atomic E-state index is 12.2. The van der Waals surface area contributed by atoms with Crippen LogP contribution in [0.4, 0.5) is 5.69 Å². The van der Waals surface area contributed by atoms with Crippen LogP contribution >= 0.6 is 11.8 Å². The van der Waals surface area contributed by atoms with Gasteiger partial charge in [-0.25, -0.2) is 18.5 Å². The van der Waals surface area contributed by atoms with Gasteiger partial charge < -0.3 is 5.32 Å². The number of amides is 1. The summed E-state index contributed by atoms with van der Waals surface area (Å²) in [5.41, 5.74) is 3.80. The number of benzene rings is 2. The number of rotatable bonds is 7. The van der Waals surface area contributed by atoms with E-state index in [1.807, 2.05) is 37.3 Å². The van der Waals surface area contributed by atoms with Crippen LogP contribution in [-0.4, -0.2) is 25.1 Å². The van der Waals surface area contributed by atoms with Crippen LogP contribution in [-0.2, 0) is 14.8 Å². The van der Waals surface area contributed by atoms with E-state index < -0.39 is 10.0 Å². The topological polar surface area (TPSA) is 126 Å². The Labute approximate surface area is 185 Å². The van der Waals surface area contributed by atoms with Gasteiger partial charge in [0.1, 0.15) is 11.1 Å². The number of hydrogen-bond donors (Lipinski definition) is 2. The van der Waals surface area contributed by atoms with Crippen LogP contribution in [0.1, 0.15) is 17.5 Å². The number of pyridine rings is 1. The highest BCUT2D eigenvalue weighted by Gasteiger charge is 2.11. The number of hydrogen-bond acceptors (Lipinski definition) is 6. The van der Waals surface area contributed by atoms with Gasteiger partial charge in [0, 0.05) is 23.4 Å². The Morgan fingerprint density at radius 1 is 1.10 bits per heavy atom. The number of primary sulfonamides is 1. The molecule has 0 atom stereocenters. The third-order valence-electron chi connectivity index (χ3n) is 4.36. The molecule has 3 N–H and O–H groups in total. The highest BCUT2D eigenvalue weighted by Crippen LogP contribution is 2.26. The molecule has 1 aromatic heterocycles. The molecule has 0 aliphatic heterocycles. The van der Waals surface area contributed by atoms with Crippen LogP contribution in [0.5, 0.6) is 0 Å². The van der Waals surface area contributed by atoms with Crippen LogP contribution in [0.25, 0.3) is 11.3 Å². The number of nitrogens with two attached hydrogens (primary N) is 1. The molecule has 31 heavy (non-hydrogen) atoms. The predicted octanol–water partition coefficient (Wildman–Crippen LogP) is 3.70. The van der Waals surface area contributed by atoms with Crippen molar-refractivity contribution in [2.45, 2.75) is 23.3 Å². The van der Waals surface area contributed by atoms with Gasteiger partial charge in [0.25, 0.3) is 0 Å². The molecule has 0 aliphatic rings. The largest absolute Gasteiger partial charge is 0.326 e. The van der Waals surface area contributed by atoms with E-state index in [1.54, 1.807) is 6.07 Å². The minimum atomic E-state index is -3.77. The van der Waals surface area contributed by atoms with Gasteiger partial charge in [0.2, 0.25) is 15.9 Å². The second-order valence-corrected chi connectivity index (χ2v) is 9.39. The van der Waals surface area contributed by atoms with E-state index in [1.165, 1.54) is 36.0 Å². The smallest absolute Gasteiger partial charge is 0.238 e. The summed E-state index contributed by atoms with van der Waals surface area (Å²) in [6.07, 6.45) is 0.197. The first kappa shape index (κ1) is 22.5. The summed E-state index contributed by atoms with van der Waals surface area (Å²) in [6, 6.07) is 19.3. The van der Waals surface area contributed by atoms with E-state index in [9.17, 15) is 18.5 Å². The summed E-state index contributed by atoms with van der Waals surface area (Å²) < 4.78 is 22.6. The van der Waals surface area contributed by atoms with Crippen LogP contribution < -0.4 is 10.5 Å². The van der Waals surface area contributed by atoms with E-state index in [-0.39, 0.29) is 17.2 Å². The van der Waals surface area contributed by atoms with Gasteiger partial charge in [-0.2, -0.15) is 5.26 Å². The zero-order chi connectivity index (χ0) is 22.4. The van der Waals surface area contributed by atoms with Crippen molar-refractivity contribution in [3.8, 4) is 17.3 Å². The summed E-state index contributed by atoms with van der Waals surface area (Å²) in [7, 11) is -3.77. The lowest BCUT2D eigenvalue weighted by Crippen LogP contribution is -2.14. The molecule has 1 amide bonds. The molecule has 0 fully saturated rings. The molecule has 0 bridgehead atoms. The number of aryl methyl sites for hydroxylation is 1. The molecule has 0 aliphatic carbocycles. The predicted molar refractivity (Wildman–Crippen MR) is 121 cm³/mol. The molecule has 158 valence electrons. The summed E-state index contributed by atoms with van der Waals surface area (Å²) in [4.78, 5) is 16.8. The third-order valence-corrected chi connectivity index (χ3v) is 6.28. The van der Waals surface area contributed by atoms with Crippen LogP contribution in [0.3, 0.4) is 0 Å². The Morgan fingerprint density at radius 2 is 1.77 bits per heavy atom. The zero-order valence-electron chi connectivity index (χ0n) is 16.7. The molecule has 1 heterocycles. The molecule has 0 radical (unpaired) electrons. The van der Waals surface area contributed by atoms with Crippen LogP contribution in [0, 0.1) is 18.3 Å². The number of thioether (sulfide) groups is 1. The van der Waals surface area contributed by atoms with Gasteiger partial charge in [-0.05, 0) is 43.3 Å². The number of aromatic nitrogens is 1. The van der Waals surface area contributed by atoms with E-state index in [2.05, 4.69) is 16.4 Å². The van der Waals surface area contributed by atoms with E-state index >= 15 is 0 Å². The van der Waals surface area contributed by atoms with Crippen molar-refractivity contribution in [3.63, 3.8) is 0 Å². The summed E-state index contributed by atoms with van der Waals surface area (Å²) in [6.45, 7) is 2.01. The van der Waals surface area contributed by atoms with E-state index in [0.29, 0.717) is 22.0 Å². The van der Waals surface area contributed by atoms with Crippen molar-refractivity contribution in [2.75, 3.05) is 11.1 Å². The molecular formula is C22H20N4O3S2. The lowest BCUT2D eigenvalue weighted by atomic mass is 10.1. The van der Waals surface area contributed by atoms with Crippen molar-refractivity contribution in [1.29, 1.82) is 5.26 Å². The number of carbonyl (C=O) groups is 1. The second-order valence-electron chi connectivity index (χ2n) is 6.74. The average molecular weight is 453 g/mol. The van der Waals surface area contributed by atoms with Gasteiger partial charge in [-0.15, -0.1) is 11.8 Å². The number of nitrogens with zero attached hydrogens (tertiary/aromatic N) is 2. The van der Waals surface area contributed by atoms with Crippen LogP contribution in [0.15, 0.2) is 70.6 Å².